The van der Waals surface area contributed by atoms with Crippen molar-refractivity contribution in [2.45, 2.75) is 119 Å². The summed E-state index contributed by atoms with van der Waals surface area (Å²) < 4.78 is 0. The van der Waals surface area contributed by atoms with Gasteiger partial charge >= 0.3 is 0 Å². The minimum atomic E-state index is -0.206. The van der Waals surface area contributed by atoms with E-state index in [9.17, 15) is 0 Å². The topological polar surface area (TPSA) is 9.72 Å². The molecule has 8 rings (SSSR count). The van der Waals surface area contributed by atoms with Crippen LogP contribution in [-0.4, -0.2) is 0 Å². The molecule has 348 valence electrons. The molecule has 0 aliphatic rings. The highest BCUT2D eigenvalue weighted by Gasteiger charge is 2.31. The first-order valence-electron chi connectivity index (χ1n) is 24.2. The highest BCUT2D eigenvalue weighted by Crippen LogP contribution is 2.53. The lowest BCUT2D eigenvalue weighted by molar-refractivity contribution is 0.589. The van der Waals surface area contributed by atoms with Crippen LogP contribution in [0.1, 0.15) is 116 Å². The molecule has 0 aliphatic carbocycles. The number of hydrogen-bond donors (Lipinski definition) is 0. The summed E-state index contributed by atoms with van der Waals surface area (Å²) in [5.41, 5.74) is 16.2. The molecule has 0 saturated carbocycles. The highest BCUT2D eigenvalue weighted by molar-refractivity contribution is 6.37. The van der Waals surface area contributed by atoms with E-state index in [0.717, 1.165) is 51.2 Å². The summed E-state index contributed by atoms with van der Waals surface area (Å²) in [5, 5.41) is 3.02. The zero-order chi connectivity index (χ0) is 48.9. The number of para-hydroxylation sites is 1. The number of hydrogen-bond acceptors (Lipinski definition) is 3. The lowest BCUT2D eigenvalue weighted by atomic mass is 9.81. The van der Waals surface area contributed by atoms with Gasteiger partial charge in [0.25, 0.3) is 0 Å². The number of rotatable bonds is 9. The number of nitrogens with zero attached hydrogens (tertiary/aromatic N) is 3. The molecule has 4 heteroatoms. The molecule has 0 aromatic heterocycles. The van der Waals surface area contributed by atoms with Gasteiger partial charge < -0.3 is 14.7 Å². The Morgan fingerprint density at radius 2 is 0.721 bits per heavy atom. The Labute approximate surface area is 413 Å². The molecule has 0 fully saturated rings. The molecular formula is C64H70ClN3. The van der Waals surface area contributed by atoms with Crippen molar-refractivity contribution in [1.29, 1.82) is 0 Å². The fraction of sp³-hybridized carbons (Fsp3) is 0.281. The molecule has 0 bridgehead atoms. The summed E-state index contributed by atoms with van der Waals surface area (Å²) in [4.78, 5) is 7.16. The second-order valence-electron chi connectivity index (χ2n) is 22.8. The SMILES string of the molecule is Cc1ccc(N(c2ccc(C(C)(C)C)cc2)c2cc(N(c3ccccc3)c3c(C(C)(C)C)ccc4cc(C(C)(C)C)ccc34)cc(N(c3ccc(C)cc3)c3ccc(C(C)(C)C)cc3)c2Cl)cc1. The van der Waals surface area contributed by atoms with Gasteiger partial charge in [-0.25, -0.2) is 0 Å². The maximum atomic E-state index is 8.19. The van der Waals surface area contributed by atoms with Crippen LogP contribution >= 0.6 is 11.6 Å². The van der Waals surface area contributed by atoms with Crippen molar-refractivity contribution in [3.05, 3.63) is 208 Å². The Kier molecular flexibility index (Phi) is 13.0. The molecular weight excluding hydrogens is 846 g/mol. The molecule has 0 saturated heterocycles. The standard InChI is InChI=1S/C64H70ClN3/c1-43-20-30-50(31-21-43)66(52-34-25-46(26-35-52)61(3,4)5)57-41-54(42-58(59(57)65)67(51-32-22-44(2)23-33-51)53-36-27-47(28-37-53)62(6,7)8)68(49-18-16-15-17-19-49)60-55-38-29-48(63(9,10)11)40-45(55)24-39-56(60)64(12,13)14/h15-42H,1-14H3. The molecule has 0 radical (unpaired) electrons. The van der Waals surface area contributed by atoms with Gasteiger partial charge in [0.2, 0.25) is 0 Å². The van der Waals surface area contributed by atoms with E-state index in [2.05, 4.69) is 281 Å². The first kappa shape index (κ1) is 48.2. The quantitative estimate of drug-likeness (QED) is 0.143. The van der Waals surface area contributed by atoms with Crippen LogP contribution in [0.15, 0.2) is 170 Å². The van der Waals surface area contributed by atoms with E-state index in [1.54, 1.807) is 0 Å². The van der Waals surface area contributed by atoms with Gasteiger partial charge in [0.15, 0.2) is 0 Å². The van der Waals surface area contributed by atoms with Gasteiger partial charge in [-0.05, 0) is 136 Å². The van der Waals surface area contributed by atoms with Crippen LogP contribution in [0, 0.1) is 13.8 Å². The summed E-state index contributed by atoms with van der Waals surface area (Å²) in [7, 11) is 0. The number of anilines is 9. The predicted molar refractivity (Wildman–Crippen MR) is 297 cm³/mol. The lowest BCUT2D eigenvalue weighted by Gasteiger charge is -2.36. The Morgan fingerprint density at radius 3 is 1.12 bits per heavy atom. The van der Waals surface area contributed by atoms with E-state index >= 15 is 0 Å². The van der Waals surface area contributed by atoms with Crippen LogP contribution in [-0.2, 0) is 21.7 Å². The first-order chi connectivity index (χ1) is 32.0. The maximum Gasteiger partial charge on any atom is 0.0888 e. The van der Waals surface area contributed by atoms with Crippen molar-refractivity contribution in [2.24, 2.45) is 0 Å². The minimum Gasteiger partial charge on any atom is -0.309 e. The average Bonchev–Trinajstić information content (AvgIpc) is 3.28. The third kappa shape index (κ3) is 9.97. The number of benzene rings is 8. The van der Waals surface area contributed by atoms with Crippen molar-refractivity contribution in [3.8, 4) is 0 Å². The van der Waals surface area contributed by atoms with Gasteiger partial charge in [0.05, 0.1) is 27.8 Å². The summed E-state index contributed by atoms with van der Waals surface area (Å²) in [6, 6.07) is 62.8. The van der Waals surface area contributed by atoms with Crippen molar-refractivity contribution >= 4 is 73.6 Å². The first-order valence-corrected chi connectivity index (χ1v) is 24.6. The second kappa shape index (κ2) is 18.3. The smallest absolute Gasteiger partial charge is 0.0888 e. The fourth-order valence-electron chi connectivity index (χ4n) is 9.11. The Balaban J connectivity index is 1.53. The lowest BCUT2D eigenvalue weighted by Crippen LogP contribution is -2.21. The Bertz CT molecular complexity index is 2900. The zero-order valence-corrected chi connectivity index (χ0v) is 43.6. The minimum absolute atomic E-state index is 0.00874. The van der Waals surface area contributed by atoms with E-state index < -0.39 is 0 Å². The molecule has 0 spiro atoms. The van der Waals surface area contributed by atoms with E-state index in [4.69, 9.17) is 11.6 Å². The zero-order valence-electron chi connectivity index (χ0n) is 42.9. The maximum absolute atomic E-state index is 8.19. The third-order valence-corrected chi connectivity index (χ3v) is 13.6. The number of fused-ring (bicyclic) bond motifs is 1. The number of halogens is 1. The van der Waals surface area contributed by atoms with E-state index in [1.807, 2.05) is 0 Å². The molecule has 0 aliphatic heterocycles. The van der Waals surface area contributed by atoms with Crippen molar-refractivity contribution < 1.29 is 0 Å². The summed E-state index contributed by atoms with van der Waals surface area (Å²) in [6.07, 6.45) is 0. The average molecular weight is 917 g/mol. The molecule has 0 atom stereocenters. The summed E-state index contributed by atoms with van der Waals surface area (Å²) in [5.74, 6) is 0. The van der Waals surface area contributed by atoms with E-state index in [0.29, 0.717) is 5.02 Å². The Hall–Kier alpha value is -6.29. The fourth-order valence-corrected chi connectivity index (χ4v) is 9.39. The second-order valence-corrected chi connectivity index (χ2v) is 23.2. The van der Waals surface area contributed by atoms with Crippen LogP contribution < -0.4 is 14.7 Å². The van der Waals surface area contributed by atoms with Gasteiger partial charge in [-0.15, -0.1) is 0 Å². The normalized spacial score (nSPS) is 12.3. The molecule has 0 heterocycles. The highest BCUT2D eigenvalue weighted by atomic mass is 35.5. The monoisotopic (exact) mass is 916 g/mol. The largest absolute Gasteiger partial charge is 0.309 e. The van der Waals surface area contributed by atoms with Crippen molar-refractivity contribution in [2.75, 3.05) is 14.7 Å². The Morgan fingerprint density at radius 1 is 0.338 bits per heavy atom. The van der Waals surface area contributed by atoms with E-state index in [-0.39, 0.29) is 21.7 Å². The third-order valence-electron chi connectivity index (χ3n) is 13.2. The summed E-state index contributed by atoms with van der Waals surface area (Å²) >= 11 is 8.19. The molecule has 0 unspecified atom stereocenters. The van der Waals surface area contributed by atoms with Gasteiger partial charge in [-0.2, -0.15) is 0 Å². The van der Waals surface area contributed by atoms with Gasteiger partial charge in [0.1, 0.15) is 0 Å². The van der Waals surface area contributed by atoms with E-state index in [1.165, 1.54) is 44.2 Å². The molecule has 68 heavy (non-hydrogen) atoms. The van der Waals surface area contributed by atoms with Crippen LogP contribution in [0.3, 0.4) is 0 Å². The summed E-state index contributed by atoms with van der Waals surface area (Å²) in [6.45, 7) is 31.7. The van der Waals surface area contributed by atoms with Gasteiger partial charge in [-0.3, -0.25) is 0 Å². The van der Waals surface area contributed by atoms with Gasteiger partial charge in [-0.1, -0.05) is 203 Å². The van der Waals surface area contributed by atoms with Crippen LogP contribution in [0.5, 0.6) is 0 Å². The molecule has 0 N–H and O–H groups in total. The molecule has 0 amide bonds. The van der Waals surface area contributed by atoms with Crippen molar-refractivity contribution in [1.82, 2.24) is 0 Å². The van der Waals surface area contributed by atoms with Gasteiger partial charge in [0, 0.05) is 33.8 Å². The predicted octanol–water partition coefficient (Wildman–Crippen LogP) is 19.7. The number of aryl methyl sites for hydroxylation is 2. The van der Waals surface area contributed by atoms with Crippen LogP contribution in [0.4, 0.5) is 51.2 Å². The van der Waals surface area contributed by atoms with Crippen molar-refractivity contribution in [3.63, 3.8) is 0 Å². The van der Waals surface area contributed by atoms with Crippen LogP contribution in [0.2, 0.25) is 5.02 Å². The van der Waals surface area contributed by atoms with Crippen LogP contribution in [0.25, 0.3) is 10.8 Å². The molecule has 8 aromatic rings. The molecule has 8 aromatic carbocycles. The molecule has 3 nitrogen and oxygen atoms in total.